The number of carbonyl (C=O) groups is 3. The quantitative estimate of drug-likeness (QED) is 0.235. The fourth-order valence-corrected chi connectivity index (χ4v) is 3.97. The van der Waals surface area contributed by atoms with Crippen LogP contribution in [-0.2, 0) is 19.1 Å². The van der Waals surface area contributed by atoms with Crippen molar-refractivity contribution in [2.45, 2.75) is 85.9 Å². The molecule has 0 fully saturated rings. The van der Waals surface area contributed by atoms with Crippen LogP contribution in [0, 0.1) is 11.3 Å². The van der Waals surface area contributed by atoms with Crippen molar-refractivity contribution in [1.82, 2.24) is 15.5 Å². The SMILES string of the molecule is CCOC(=O)/C(C)=C/C(C(C)C)N(C)C(=O)C(NC(=O)C(C)(CCCSC)NC)C(C)(C)C. The number of hydrogen-bond donors (Lipinski definition) is 2. The van der Waals surface area contributed by atoms with Crippen molar-refractivity contribution in [2.75, 3.05) is 32.7 Å². The highest BCUT2D eigenvalue weighted by Crippen LogP contribution is 2.25. The number of hydrogen-bond acceptors (Lipinski definition) is 6. The Morgan fingerprint density at radius 1 is 1.15 bits per heavy atom. The molecule has 0 aromatic heterocycles. The first-order valence-electron chi connectivity index (χ1n) is 11.8. The van der Waals surface area contributed by atoms with Gasteiger partial charge in [-0.2, -0.15) is 11.8 Å². The molecule has 0 spiro atoms. The first kappa shape index (κ1) is 31.5. The van der Waals surface area contributed by atoms with Crippen LogP contribution in [0.15, 0.2) is 11.6 Å². The number of amides is 2. The Labute approximate surface area is 205 Å². The summed E-state index contributed by atoms with van der Waals surface area (Å²) in [5, 5.41) is 6.18. The van der Waals surface area contributed by atoms with E-state index in [-0.39, 0.29) is 29.7 Å². The molecule has 3 atom stereocenters. The minimum Gasteiger partial charge on any atom is -0.463 e. The summed E-state index contributed by atoms with van der Waals surface area (Å²) in [5.41, 5.74) is -0.810. The summed E-state index contributed by atoms with van der Waals surface area (Å²) in [6.45, 7) is 15.5. The maximum absolute atomic E-state index is 13.7. The van der Waals surface area contributed by atoms with Gasteiger partial charge in [-0.15, -0.1) is 0 Å². The van der Waals surface area contributed by atoms with E-state index in [1.54, 1.807) is 50.7 Å². The highest BCUT2D eigenvalue weighted by Gasteiger charge is 2.40. The van der Waals surface area contributed by atoms with Gasteiger partial charge in [0.2, 0.25) is 11.8 Å². The van der Waals surface area contributed by atoms with Gasteiger partial charge in [-0.05, 0) is 64.0 Å². The van der Waals surface area contributed by atoms with Gasteiger partial charge < -0.3 is 20.3 Å². The van der Waals surface area contributed by atoms with Gasteiger partial charge in [0.1, 0.15) is 6.04 Å². The van der Waals surface area contributed by atoms with Crippen LogP contribution in [0.3, 0.4) is 0 Å². The normalized spacial score (nSPS) is 16.1. The van der Waals surface area contributed by atoms with Crippen molar-refractivity contribution in [3.8, 4) is 0 Å². The van der Waals surface area contributed by atoms with Crippen LogP contribution in [0.4, 0.5) is 0 Å². The smallest absolute Gasteiger partial charge is 0.333 e. The van der Waals surface area contributed by atoms with Crippen molar-refractivity contribution < 1.29 is 19.1 Å². The molecule has 0 aliphatic heterocycles. The first-order valence-corrected chi connectivity index (χ1v) is 13.2. The zero-order valence-electron chi connectivity index (χ0n) is 22.6. The number of nitrogens with zero attached hydrogens (tertiary/aromatic N) is 1. The molecule has 0 saturated carbocycles. The average Bonchev–Trinajstić information content (AvgIpc) is 2.73. The molecule has 0 bridgehead atoms. The predicted octanol–water partition coefficient (Wildman–Crippen LogP) is 3.63. The Morgan fingerprint density at radius 2 is 1.73 bits per heavy atom. The largest absolute Gasteiger partial charge is 0.463 e. The lowest BCUT2D eigenvalue weighted by Crippen LogP contribution is -2.62. The van der Waals surface area contributed by atoms with Gasteiger partial charge in [0.05, 0.1) is 18.2 Å². The van der Waals surface area contributed by atoms with E-state index in [9.17, 15) is 14.4 Å². The molecule has 8 heteroatoms. The number of likely N-dealkylation sites (N-methyl/N-ethyl adjacent to an activating group) is 2. The monoisotopic (exact) mass is 485 g/mol. The van der Waals surface area contributed by atoms with E-state index in [2.05, 4.69) is 10.6 Å². The topological polar surface area (TPSA) is 87.7 Å². The van der Waals surface area contributed by atoms with Gasteiger partial charge in [0.15, 0.2) is 0 Å². The molecule has 0 radical (unpaired) electrons. The minimum atomic E-state index is -0.768. The summed E-state index contributed by atoms with van der Waals surface area (Å²) in [6, 6.07) is -1.04. The second kappa shape index (κ2) is 14.0. The second-order valence-corrected chi connectivity index (χ2v) is 11.2. The fraction of sp³-hybridized carbons (Fsp3) is 0.800. The molecule has 0 rings (SSSR count). The molecule has 192 valence electrons. The Balaban J connectivity index is 5.87. The fourth-order valence-electron chi connectivity index (χ4n) is 3.53. The summed E-state index contributed by atoms with van der Waals surface area (Å²) >= 11 is 1.75. The summed E-state index contributed by atoms with van der Waals surface area (Å²) in [7, 11) is 3.50. The minimum absolute atomic E-state index is 0.0637. The first-order chi connectivity index (χ1) is 15.2. The van der Waals surface area contributed by atoms with Crippen LogP contribution in [0.25, 0.3) is 0 Å². The maximum atomic E-state index is 13.7. The van der Waals surface area contributed by atoms with Crippen molar-refractivity contribution in [3.63, 3.8) is 0 Å². The van der Waals surface area contributed by atoms with E-state index in [0.29, 0.717) is 18.6 Å². The van der Waals surface area contributed by atoms with E-state index in [1.165, 1.54) is 0 Å². The molecule has 0 aliphatic rings. The van der Waals surface area contributed by atoms with Gasteiger partial charge >= 0.3 is 5.97 Å². The lowest BCUT2D eigenvalue weighted by Gasteiger charge is -2.39. The summed E-state index contributed by atoms with van der Waals surface area (Å²) in [6.07, 6.45) is 5.40. The molecular weight excluding hydrogens is 438 g/mol. The molecular formula is C25H47N3O4S. The third-order valence-electron chi connectivity index (χ3n) is 5.96. The summed E-state index contributed by atoms with van der Waals surface area (Å²) in [5.74, 6) is 0.266. The van der Waals surface area contributed by atoms with Gasteiger partial charge in [-0.3, -0.25) is 9.59 Å². The van der Waals surface area contributed by atoms with Crippen LogP contribution in [0.2, 0.25) is 0 Å². The Hall–Kier alpha value is -1.54. The van der Waals surface area contributed by atoms with Crippen LogP contribution >= 0.6 is 11.8 Å². The van der Waals surface area contributed by atoms with E-state index >= 15 is 0 Å². The van der Waals surface area contributed by atoms with E-state index < -0.39 is 17.0 Å². The zero-order valence-corrected chi connectivity index (χ0v) is 23.4. The summed E-state index contributed by atoms with van der Waals surface area (Å²) < 4.78 is 5.09. The molecule has 0 aromatic rings. The molecule has 2 amide bonds. The van der Waals surface area contributed by atoms with Crippen LogP contribution in [0.1, 0.15) is 68.2 Å². The molecule has 3 unspecified atom stereocenters. The van der Waals surface area contributed by atoms with Crippen LogP contribution in [0.5, 0.6) is 0 Å². The molecule has 7 nitrogen and oxygen atoms in total. The number of rotatable bonds is 13. The van der Waals surface area contributed by atoms with Crippen LogP contribution in [-0.4, -0.2) is 73.0 Å². The highest BCUT2D eigenvalue weighted by molar-refractivity contribution is 7.98. The predicted molar refractivity (Wildman–Crippen MR) is 138 cm³/mol. The zero-order chi connectivity index (χ0) is 26.0. The van der Waals surface area contributed by atoms with Gasteiger partial charge in [0, 0.05) is 12.6 Å². The van der Waals surface area contributed by atoms with Crippen molar-refractivity contribution >= 4 is 29.5 Å². The standard InChI is InChI=1S/C25H47N3O4S/c1-12-32-22(30)18(4)16-19(17(2)3)28(10)21(29)20(24(5,6)7)27-23(31)25(8,26-9)14-13-15-33-11/h16-17,19-20,26H,12-15H2,1-11H3,(H,27,31)/b18-16+. The Bertz CT molecular complexity index is 688. The van der Waals surface area contributed by atoms with Crippen molar-refractivity contribution in [2.24, 2.45) is 11.3 Å². The van der Waals surface area contributed by atoms with E-state index in [1.807, 2.05) is 47.8 Å². The third kappa shape index (κ3) is 9.69. The van der Waals surface area contributed by atoms with E-state index in [4.69, 9.17) is 4.74 Å². The lowest BCUT2D eigenvalue weighted by molar-refractivity contribution is -0.142. The molecule has 0 aromatic carbocycles. The van der Waals surface area contributed by atoms with Gasteiger partial charge in [-0.1, -0.05) is 40.7 Å². The summed E-state index contributed by atoms with van der Waals surface area (Å²) in [4.78, 5) is 40.7. The molecule has 0 saturated heterocycles. The number of ether oxygens (including phenoxy) is 1. The Kier molecular flexibility index (Phi) is 13.3. The number of carbonyl (C=O) groups excluding carboxylic acids is 3. The number of esters is 1. The van der Waals surface area contributed by atoms with Crippen molar-refractivity contribution in [3.05, 3.63) is 11.6 Å². The Morgan fingerprint density at radius 3 is 2.15 bits per heavy atom. The number of thioether (sulfide) groups is 1. The van der Waals surface area contributed by atoms with E-state index in [0.717, 1.165) is 12.2 Å². The molecule has 2 N–H and O–H groups in total. The average molecular weight is 486 g/mol. The maximum Gasteiger partial charge on any atom is 0.333 e. The number of nitrogens with one attached hydrogen (secondary N) is 2. The van der Waals surface area contributed by atoms with Crippen molar-refractivity contribution in [1.29, 1.82) is 0 Å². The second-order valence-electron chi connectivity index (χ2n) is 10.2. The highest BCUT2D eigenvalue weighted by atomic mass is 32.2. The van der Waals surface area contributed by atoms with Gasteiger partial charge in [0.25, 0.3) is 0 Å². The lowest BCUT2D eigenvalue weighted by atomic mass is 9.84. The van der Waals surface area contributed by atoms with Gasteiger partial charge in [-0.25, -0.2) is 4.79 Å². The molecule has 33 heavy (non-hydrogen) atoms. The molecule has 0 heterocycles. The third-order valence-corrected chi connectivity index (χ3v) is 6.66. The molecule has 0 aliphatic carbocycles. The van der Waals surface area contributed by atoms with Crippen LogP contribution < -0.4 is 10.6 Å².